The van der Waals surface area contributed by atoms with E-state index in [-0.39, 0.29) is 30.3 Å². The molecule has 3 aromatic rings. The Labute approximate surface area is 179 Å². The number of halogens is 1. The van der Waals surface area contributed by atoms with E-state index in [1.54, 1.807) is 48.5 Å². The molecule has 150 valence electrons. The maximum absolute atomic E-state index is 13.5. The molecule has 1 aliphatic rings. The van der Waals surface area contributed by atoms with E-state index in [2.05, 4.69) is 5.32 Å². The third-order valence-electron chi connectivity index (χ3n) is 5.49. The number of ketones is 2. The highest BCUT2D eigenvalue weighted by atomic mass is 35.5. The zero-order valence-corrected chi connectivity index (χ0v) is 16.9. The third-order valence-corrected chi connectivity index (χ3v) is 5.75. The molecule has 0 aromatic heterocycles. The molecule has 1 N–H and O–H groups in total. The van der Waals surface area contributed by atoms with Gasteiger partial charge < -0.3 is 5.32 Å². The number of benzene rings is 3. The number of hydrogen-bond donors (Lipinski definition) is 1. The molecule has 1 heterocycles. The molecule has 0 radical (unpaired) electrons. The molecule has 4 nitrogen and oxygen atoms in total. The first-order chi connectivity index (χ1) is 14.5. The summed E-state index contributed by atoms with van der Waals surface area (Å²) in [6.45, 7) is 0. The van der Waals surface area contributed by atoms with Gasteiger partial charge in [-0.1, -0.05) is 66.2 Å². The Morgan fingerprint density at radius 3 is 2.33 bits per heavy atom. The summed E-state index contributed by atoms with van der Waals surface area (Å²) >= 11 is 6.05. The molecular weight excluding hydrogens is 398 g/mol. The molecule has 0 bridgehead atoms. The summed E-state index contributed by atoms with van der Waals surface area (Å²) in [5.41, 5.74) is 2.38. The summed E-state index contributed by atoms with van der Waals surface area (Å²) in [4.78, 5) is 39.1. The molecule has 0 saturated carbocycles. The minimum absolute atomic E-state index is 0.0167. The van der Waals surface area contributed by atoms with Gasteiger partial charge in [0.15, 0.2) is 11.6 Å². The molecule has 0 spiro atoms. The third kappa shape index (κ3) is 4.19. The molecular formula is C25H20ClNO3. The van der Waals surface area contributed by atoms with Gasteiger partial charge in [-0.2, -0.15) is 0 Å². The summed E-state index contributed by atoms with van der Waals surface area (Å²) in [5, 5.41) is 3.39. The highest BCUT2D eigenvalue weighted by Crippen LogP contribution is 2.38. The summed E-state index contributed by atoms with van der Waals surface area (Å²) in [6.07, 6.45) is 0.139. The van der Waals surface area contributed by atoms with Crippen molar-refractivity contribution in [2.24, 2.45) is 5.92 Å². The Hall–Kier alpha value is -3.24. The lowest BCUT2D eigenvalue weighted by atomic mass is 9.76. The summed E-state index contributed by atoms with van der Waals surface area (Å²) in [5.74, 6) is -1.53. The van der Waals surface area contributed by atoms with Crippen LogP contribution in [0, 0.1) is 5.92 Å². The predicted octanol–water partition coefficient (Wildman–Crippen LogP) is 5.54. The topological polar surface area (TPSA) is 63.2 Å². The largest absolute Gasteiger partial charge is 0.325 e. The molecule has 0 saturated heterocycles. The van der Waals surface area contributed by atoms with Crippen LogP contribution < -0.4 is 5.32 Å². The fourth-order valence-electron chi connectivity index (χ4n) is 3.97. The van der Waals surface area contributed by atoms with E-state index in [1.807, 2.05) is 30.3 Å². The maximum Gasteiger partial charge on any atom is 0.225 e. The average Bonchev–Trinajstić information content (AvgIpc) is 2.89. The van der Waals surface area contributed by atoms with Crippen LogP contribution in [0.1, 0.15) is 45.0 Å². The predicted molar refractivity (Wildman–Crippen MR) is 117 cm³/mol. The number of nitrogens with one attached hydrogen (secondary N) is 1. The van der Waals surface area contributed by atoms with Gasteiger partial charge in [0, 0.05) is 40.8 Å². The fraction of sp³-hybridized carbons (Fsp3) is 0.160. The molecule has 0 aliphatic carbocycles. The van der Waals surface area contributed by atoms with Crippen LogP contribution in [-0.2, 0) is 4.79 Å². The Morgan fingerprint density at radius 1 is 0.933 bits per heavy atom. The van der Waals surface area contributed by atoms with Crippen LogP contribution in [0.3, 0.4) is 0 Å². The van der Waals surface area contributed by atoms with E-state index in [1.165, 1.54) is 0 Å². The Morgan fingerprint density at radius 2 is 1.60 bits per heavy atom. The second-order valence-corrected chi connectivity index (χ2v) is 7.86. The van der Waals surface area contributed by atoms with Gasteiger partial charge in [0.1, 0.15) is 0 Å². The lowest BCUT2D eigenvalue weighted by molar-refractivity contribution is -0.116. The van der Waals surface area contributed by atoms with E-state index < -0.39 is 11.8 Å². The van der Waals surface area contributed by atoms with Gasteiger partial charge in [0.25, 0.3) is 0 Å². The number of amides is 1. The zero-order valence-electron chi connectivity index (χ0n) is 16.2. The van der Waals surface area contributed by atoms with Crippen molar-refractivity contribution in [2.75, 3.05) is 5.32 Å². The van der Waals surface area contributed by atoms with Gasteiger partial charge in [-0.3, -0.25) is 14.4 Å². The van der Waals surface area contributed by atoms with Crippen molar-refractivity contribution in [3.05, 3.63) is 101 Å². The monoisotopic (exact) mass is 417 g/mol. The van der Waals surface area contributed by atoms with Crippen molar-refractivity contribution in [3.63, 3.8) is 0 Å². The van der Waals surface area contributed by atoms with E-state index >= 15 is 0 Å². The van der Waals surface area contributed by atoms with Gasteiger partial charge in [0.2, 0.25) is 5.91 Å². The number of hydrogen-bond acceptors (Lipinski definition) is 3. The van der Waals surface area contributed by atoms with Gasteiger partial charge in [-0.25, -0.2) is 0 Å². The highest BCUT2D eigenvalue weighted by molar-refractivity contribution is 6.30. The lowest BCUT2D eigenvalue weighted by Gasteiger charge is -2.25. The highest BCUT2D eigenvalue weighted by Gasteiger charge is 2.36. The van der Waals surface area contributed by atoms with Crippen LogP contribution in [0.25, 0.3) is 0 Å². The van der Waals surface area contributed by atoms with Crippen LogP contribution in [0.15, 0.2) is 78.9 Å². The summed E-state index contributed by atoms with van der Waals surface area (Å²) in [6, 6.07) is 23.1. The van der Waals surface area contributed by atoms with Crippen molar-refractivity contribution < 1.29 is 14.4 Å². The number of carbonyl (C=O) groups excluding carboxylic acids is 3. The van der Waals surface area contributed by atoms with Crippen LogP contribution in [-0.4, -0.2) is 17.5 Å². The first kappa shape index (κ1) is 20.0. The Balaban J connectivity index is 1.75. The fourth-order valence-corrected chi connectivity index (χ4v) is 4.10. The number of anilines is 1. The van der Waals surface area contributed by atoms with E-state index in [0.717, 1.165) is 5.56 Å². The minimum Gasteiger partial charge on any atom is -0.325 e. The van der Waals surface area contributed by atoms with Gasteiger partial charge in [-0.15, -0.1) is 0 Å². The van der Waals surface area contributed by atoms with Crippen molar-refractivity contribution >= 4 is 34.8 Å². The normalized spacial score (nSPS) is 16.9. The molecule has 0 fully saturated rings. The molecule has 1 aliphatic heterocycles. The Bertz CT molecular complexity index is 1090. The number of Topliss-reactive ketones (excluding diaryl/α,β-unsaturated/α-hetero) is 2. The van der Waals surface area contributed by atoms with Crippen LogP contribution in [0.4, 0.5) is 5.69 Å². The van der Waals surface area contributed by atoms with E-state index in [9.17, 15) is 14.4 Å². The van der Waals surface area contributed by atoms with Gasteiger partial charge in [-0.05, 0) is 29.8 Å². The molecule has 2 atom stereocenters. The van der Waals surface area contributed by atoms with E-state index in [0.29, 0.717) is 21.8 Å². The van der Waals surface area contributed by atoms with Crippen molar-refractivity contribution in [1.82, 2.24) is 0 Å². The van der Waals surface area contributed by atoms with Crippen LogP contribution in [0.5, 0.6) is 0 Å². The van der Waals surface area contributed by atoms with Crippen molar-refractivity contribution in [2.45, 2.75) is 18.8 Å². The molecule has 1 amide bonds. The quantitative estimate of drug-likeness (QED) is 0.554. The SMILES string of the molecule is O=C1CC(C(CC(=O)c2ccccc2)c2ccc(Cl)cc2)C(=O)c2ccccc2N1. The molecule has 3 aromatic carbocycles. The zero-order chi connectivity index (χ0) is 21.1. The van der Waals surface area contributed by atoms with Crippen molar-refractivity contribution in [1.29, 1.82) is 0 Å². The Kier molecular flexibility index (Phi) is 5.77. The molecule has 30 heavy (non-hydrogen) atoms. The first-order valence-electron chi connectivity index (χ1n) is 9.80. The van der Waals surface area contributed by atoms with E-state index in [4.69, 9.17) is 11.6 Å². The average molecular weight is 418 g/mol. The number of fused-ring (bicyclic) bond motifs is 1. The minimum atomic E-state index is -0.650. The molecule has 2 unspecified atom stereocenters. The van der Waals surface area contributed by atoms with Crippen LogP contribution in [0.2, 0.25) is 5.02 Å². The van der Waals surface area contributed by atoms with Crippen molar-refractivity contribution in [3.8, 4) is 0 Å². The molecule has 4 rings (SSSR count). The lowest BCUT2D eigenvalue weighted by Crippen LogP contribution is -2.26. The summed E-state index contributed by atoms with van der Waals surface area (Å²) in [7, 11) is 0. The van der Waals surface area contributed by atoms with Crippen LogP contribution >= 0.6 is 11.6 Å². The standard InChI is InChI=1S/C25H20ClNO3/c26-18-12-10-16(11-13-18)20(14-23(28)17-6-2-1-3-7-17)21-15-24(29)27-22-9-5-4-8-19(22)25(21)30/h1-13,20-21H,14-15H2,(H,27,29). The number of rotatable bonds is 5. The molecule has 5 heteroatoms. The summed E-state index contributed by atoms with van der Waals surface area (Å²) < 4.78 is 0. The number of para-hydroxylation sites is 1. The van der Waals surface area contributed by atoms with Gasteiger partial charge in [0.05, 0.1) is 5.69 Å². The second-order valence-electron chi connectivity index (χ2n) is 7.42. The smallest absolute Gasteiger partial charge is 0.225 e. The second kappa shape index (κ2) is 8.64. The maximum atomic E-state index is 13.5. The van der Waals surface area contributed by atoms with Gasteiger partial charge >= 0.3 is 0 Å². The number of carbonyl (C=O) groups is 3. The first-order valence-corrected chi connectivity index (χ1v) is 10.2.